The second-order valence-electron chi connectivity index (χ2n) is 8.06. The van der Waals surface area contributed by atoms with Gasteiger partial charge < -0.3 is 24.6 Å². The minimum atomic E-state index is -1.93. The minimum absolute atomic E-state index is 0.0105. The number of nitrogens with one attached hydrogen (secondary N) is 1. The first-order valence-corrected chi connectivity index (χ1v) is 8.56. The highest BCUT2D eigenvalue weighted by Gasteiger charge is 2.40. The number of carbonyl (C=O) groups excluding carboxylic acids is 3. The molecule has 1 aliphatic rings. The lowest BCUT2D eigenvalue weighted by Gasteiger charge is -2.36. The number of aliphatic carboxylic acids is 1. The summed E-state index contributed by atoms with van der Waals surface area (Å²) < 4.78 is 15.2. The average molecular weight is 388 g/mol. The molecule has 0 aliphatic carbocycles. The van der Waals surface area contributed by atoms with Crippen LogP contribution >= 0.6 is 0 Å². The van der Waals surface area contributed by atoms with Gasteiger partial charge in [0.05, 0.1) is 12.2 Å². The van der Waals surface area contributed by atoms with E-state index in [-0.39, 0.29) is 19.7 Å². The predicted octanol–water partition coefficient (Wildman–Crippen LogP) is -0.102. The van der Waals surface area contributed by atoms with Crippen molar-refractivity contribution in [2.75, 3.05) is 19.7 Å². The molecule has 2 unspecified atom stereocenters. The van der Waals surface area contributed by atoms with Crippen molar-refractivity contribution in [3.8, 4) is 0 Å². The highest BCUT2D eigenvalue weighted by Crippen LogP contribution is 2.14. The van der Waals surface area contributed by atoms with Gasteiger partial charge in [-0.15, -0.1) is 0 Å². The molecule has 2 N–H and O–H groups in total. The molecule has 0 bridgehead atoms. The van der Waals surface area contributed by atoms with Crippen LogP contribution in [0.1, 0.15) is 41.5 Å². The number of rotatable bonds is 5. The number of piperazine rings is 1. The topological polar surface area (TPSA) is 131 Å². The van der Waals surface area contributed by atoms with Crippen molar-refractivity contribution in [3.05, 3.63) is 0 Å². The molecule has 10 heteroatoms. The Hall–Kier alpha value is -2.20. The average Bonchev–Trinajstić information content (AvgIpc) is 2.49. The summed E-state index contributed by atoms with van der Waals surface area (Å²) in [5, 5.41) is 12.3. The molecule has 1 aliphatic heterocycles. The van der Waals surface area contributed by atoms with E-state index in [1.165, 1.54) is 0 Å². The van der Waals surface area contributed by atoms with E-state index in [0.717, 1.165) is 4.90 Å². The first-order chi connectivity index (χ1) is 12.2. The van der Waals surface area contributed by atoms with Crippen molar-refractivity contribution >= 4 is 23.8 Å². The molecule has 1 fully saturated rings. The molecule has 1 heterocycles. The SMILES string of the molecule is CC(C)(C)OCC1NCCN(C(OC(=O)C(=O)OC(C)(C)C)C(=O)O)C1=O. The molecule has 0 aromatic rings. The van der Waals surface area contributed by atoms with E-state index in [4.69, 9.17) is 14.2 Å². The summed E-state index contributed by atoms with van der Waals surface area (Å²) in [6, 6.07) is -0.792. The Labute approximate surface area is 158 Å². The first-order valence-electron chi connectivity index (χ1n) is 8.56. The van der Waals surface area contributed by atoms with E-state index in [0.29, 0.717) is 0 Å². The van der Waals surface area contributed by atoms with Crippen LogP contribution in [0.3, 0.4) is 0 Å². The number of amides is 1. The molecular weight excluding hydrogens is 360 g/mol. The summed E-state index contributed by atoms with van der Waals surface area (Å²) in [7, 11) is 0. The second kappa shape index (κ2) is 8.66. The third-order valence-corrected chi connectivity index (χ3v) is 3.29. The fourth-order valence-corrected chi connectivity index (χ4v) is 2.17. The molecule has 2 atom stereocenters. The van der Waals surface area contributed by atoms with Crippen LogP contribution in [-0.2, 0) is 33.4 Å². The lowest BCUT2D eigenvalue weighted by Crippen LogP contribution is -2.62. The van der Waals surface area contributed by atoms with Crippen LogP contribution in [0, 0.1) is 0 Å². The van der Waals surface area contributed by atoms with Crippen molar-refractivity contribution in [3.63, 3.8) is 0 Å². The number of hydrogen-bond acceptors (Lipinski definition) is 8. The lowest BCUT2D eigenvalue weighted by molar-refractivity contribution is -0.192. The minimum Gasteiger partial charge on any atom is -0.477 e. The third-order valence-electron chi connectivity index (χ3n) is 3.29. The van der Waals surface area contributed by atoms with E-state index in [9.17, 15) is 24.3 Å². The van der Waals surface area contributed by atoms with Gasteiger partial charge in [-0.25, -0.2) is 14.4 Å². The van der Waals surface area contributed by atoms with E-state index < -0.39 is 47.3 Å². The zero-order valence-electron chi connectivity index (χ0n) is 16.5. The van der Waals surface area contributed by atoms with Crippen LogP contribution in [0.5, 0.6) is 0 Å². The number of ether oxygens (including phenoxy) is 3. The van der Waals surface area contributed by atoms with Crippen LogP contribution < -0.4 is 5.32 Å². The van der Waals surface area contributed by atoms with E-state index in [2.05, 4.69) is 5.32 Å². The van der Waals surface area contributed by atoms with Gasteiger partial charge in [-0.1, -0.05) is 0 Å². The molecular formula is C17H28N2O8. The van der Waals surface area contributed by atoms with Gasteiger partial charge in [0.2, 0.25) is 5.91 Å². The predicted molar refractivity (Wildman–Crippen MR) is 92.6 cm³/mol. The molecule has 1 amide bonds. The molecule has 0 aromatic carbocycles. The maximum atomic E-state index is 12.6. The molecule has 1 saturated heterocycles. The smallest absolute Gasteiger partial charge is 0.419 e. The van der Waals surface area contributed by atoms with Gasteiger partial charge in [0.15, 0.2) is 0 Å². The number of hydrogen-bond donors (Lipinski definition) is 2. The molecule has 0 radical (unpaired) electrons. The monoisotopic (exact) mass is 388 g/mol. The Morgan fingerprint density at radius 2 is 1.74 bits per heavy atom. The van der Waals surface area contributed by atoms with Gasteiger partial charge in [0.1, 0.15) is 11.6 Å². The van der Waals surface area contributed by atoms with E-state index in [1.807, 2.05) is 20.8 Å². The Kier molecular flexibility index (Phi) is 7.32. The number of esters is 2. The van der Waals surface area contributed by atoms with E-state index >= 15 is 0 Å². The van der Waals surface area contributed by atoms with E-state index in [1.54, 1.807) is 20.8 Å². The number of carboxylic acids is 1. The summed E-state index contributed by atoms with van der Waals surface area (Å²) >= 11 is 0. The number of carboxylic acid groups (broad SMARTS) is 1. The highest BCUT2D eigenvalue weighted by molar-refractivity contribution is 6.30. The van der Waals surface area contributed by atoms with Gasteiger partial charge in [-0.3, -0.25) is 9.69 Å². The summed E-state index contributed by atoms with van der Waals surface area (Å²) in [6.07, 6.45) is -1.93. The Morgan fingerprint density at radius 3 is 2.22 bits per heavy atom. The summed E-state index contributed by atoms with van der Waals surface area (Å²) in [6.45, 7) is 10.4. The normalized spacial score (nSPS) is 19.4. The Balaban J connectivity index is 2.84. The highest BCUT2D eigenvalue weighted by atomic mass is 16.6. The summed E-state index contributed by atoms with van der Waals surface area (Å²) in [5.41, 5.74) is -1.44. The standard InChI is InChI=1S/C17H28N2O8/c1-16(2,3)25-9-10-11(20)19(8-7-18-10)12(13(21)22)26-14(23)15(24)27-17(4,5)6/h10,12,18H,7-9H2,1-6H3,(H,21,22). The zero-order chi connectivity index (χ0) is 21.0. The van der Waals surface area contributed by atoms with Crippen LogP contribution in [0.4, 0.5) is 0 Å². The number of nitrogens with zero attached hydrogens (tertiary/aromatic N) is 1. The maximum absolute atomic E-state index is 12.6. The van der Waals surface area contributed by atoms with Crippen molar-refractivity contribution in [1.82, 2.24) is 10.2 Å². The number of carbonyl (C=O) groups is 4. The largest absolute Gasteiger partial charge is 0.477 e. The zero-order valence-corrected chi connectivity index (χ0v) is 16.5. The molecule has 0 saturated carbocycles. The maximum Gasteiger partial charge on any atom is 0.419 e. The van der Waals surface area contributed by atoms with Crippen molar-refractivity contribution < 1.29 is 38.5 Å². The Bertz CT molecular complexity index is 591. The van der Waals surface area contributed by atoms with Crippen LogP contribution in [0.15, 0.2) is 0 Å². The van der Waals surface area contributed by atoms with Gasteiger partial charge in [-0.2, -0.15) is 0 Å². The third kappa shape index (κ3) is 7.51. The van der Waals surface area contributed by atoms with Gasteiger partial charge >= 0.3 is 17.9 Å². The molecule has 0 aromatic heterocycles. The first kappa shape index (κ1) is 22.8. The van der Waals surface area contributed by atoms with Gasteiger partial charge in [0.25, 0.3) is 6.23 Å². The van der Waals surface area contributed by atoms with Gasteiger partial charge in [-0.05, 0) is 41.5 Å². The van der Waals surface area contributed by atoms with Crippen molar-refractivity contribution in [2.24, 2.45) is 0 Å². The Morgan fingerprint density at radius 1 is 1.15 bits per heavy atom. The lowest BCUT2D eigenvalue weighted by atomic mass is 10.1. The second-order valence-corrected chi connectivity index (χ2v) is 8.06. The fourth-order valence-electron chi connectivity index (χ4n) is 2.17. The molecule has 1 rings (SSSR count). The molecule has 0 spiro atoms. The quantitative estimate of drug-likeness (QED) is 0.489. The molecule has 27 heavy (non-hydrogen) atoms. The fraction of sp³-hybridized carbons (Fsp3) is 0.765. The summed E-state index contributed by atoms with van der Waals surface area (Å²) in [5.74, 6) is -4.98. The van der Waals surface area contributed by atoms with Crippen LogP contribution in [-0.4, -0.2) is 77.0 Å². The van der Waals surface area contributed by atoms with Crippen molar-refractivity contribution in [1.29, 1.82) is 0 Å². The molecule has 10 nitrogen and oxygen atoms in total. The van der Waals surface area contributed by atoms with Crippen LogP contribution in [0.2, 0.25) is 0 Å². The van der Waals surface area contributed by atoms with Gasteiger partial charge in [0, 0.05) is 13.1 Å². The van der Waals surface area contributed by atoms with Crippen LogP contribution in [0.25, 0.3) is 0 Å². The van der Waals surface area contributed by atoms with Crippen molar-refractivity contribution in [2.45, 2.75) is 65.0 Å². The molecule has 154 valence electrons. The summed E-state index contributed by atoms with van der Waals surface area (Å²) in [4.78, 5) is 48.6.